The van der Waals surface area contributed by atoms with Gasteiger partial charge in [0.05, 0.1) is 10.5 Å². The summed E-state index contributed by atoms with van der Waals surface area (Å²) in [6, 6.07) is 7.17. The third-order valence-electron chi connectivity index (χ3n) is 2.82. The van der Waals surface area contributed by atoms with Gasteiger partial charge in [0.25, 0.3) is 0 Å². The maximum atomic E-state index is 12.0. The van der Waals surface area contributed by atoms with E-state index in [4.69, 9.17) is 0 Å². The van der Waals surface area contributed by atoms with Gasteiger partial charge in [0, 0.05) is 24.8 Å². The van der Waals surface area contributed by atoms with E-state index in [9.17, 15) is 13.2 Å². The predicted octanol–water partition coefficient (Wildman–Crippen LogP) is 2.27. The highest BCUT2D eigenvalue weighted by Crippen LogP contribution is 2.17. The van der Waals surface area contributed by atoms with E-state index in [-0.39, 0.29) is 11.7 Å². The molecule has 1 rings (SSSR count). The van der Waals surface area contributed by atoms with Crippen LogP contribution in [0.4, 0.5) is 11.4 Å². The summed E-state index contributed by atoms with van der Waals surface area (Å²) in [4.78, 5) is 11.0. The highest BCUT2D eigenvalue weighted by Gasteiger charge is 2.28. The number of nitrogens with one attached hydrogen (secondary N) is 2. The Morgan fingerprint density at radius 2 is 1.80 bits per heavy atom. The van der Waals surface area contributed by atoms with Crippen LogP contribution in [0.2, 0.25) is 0 Å². The Hall–Kier alpha value is -1.56. The second-order valence-corrected chi connectivity index (χ2v) is 8.48. The lowest BCUT2D eigenvalue weighted by Crippen LogP contribution is -2.32. The van der Waals surface area contributed by atoms with Gasteiger partial charge >= 0.3 is 0 Å². The van der Waals surface area contributed by atoms with Crippen LogP contribution in [0.1, 0.15) is 27.7 Å². The zero-order valence-electron chi connectivity index (χ0n) is 12.4. The molecule has 0 bridgehead atoms. The van der Waals surface area contributed by atoms with E-state index in [0.29, 0.717) is 12.2 Å². The average Bonchev–Trinajstić information content (AvgIpc) is 2.26. The fourth-order valence-corrected chi connectivity index (χ4v) is 2.53. The average molecular weight is 298 g/mol. The predicted molar refractivity (Wildman–Crippen MR) is 82.8 cm³/mol. The molecule has 0 heterocycles. The summed E-state index contributed by atoms with van der Waals surface area (Å²) in [7, 11) is -3.13. The van der Waals surface area contributed by atoms with Crippen molar-refractivity contribution in [3.63, 3.8) is 0 Å². The third kappa shape index (κ3) is 4.85. The van der Waals surface area contributed by atoms with Crippen molar-refractivity contribution in [2.24, 2.45) is 0 Å². The van der Waals surface area contributed by atoms with Gasteiger partial charge in [-0.3, -0.25) is 4.79 Å². The van der Waals surface area contributed by atoms with Crippen LogP contribution in [0.15, 0.2) is 24.3 Å². The first kappa shape index (κ1) is 16.5. The van der Waals surface area contributed by atoms with Gasteiger partial charge in [-0.1, -0.05) is 6.07 Å². The Morgan fingerprint density at radius 3 is 2.35 bits per heavy atom. The van der Waals surface area contributed by atoms with Crippen LogP contribution in [0.3, 0.4) is 0 Å². The lowest BCUT2D eigenvalue weighted by Gasteiger charge is -2.19. The molecule has 0 unspecified atom stereocenters. The number of benzene rings is 1. The van der Waals surface area contributed by atoms with E-state index in [0.717, 1.165) is 5.69 Å². The molecule has 20 heavy (non-hydrogen) atoms. The number of hydrogen-bond acceptors (Lipinski definition) is 4. The van der Waals surface area contributed by atoms with Crippen molar-refractivity contribution in [3.8, 4) is 0 Å². The highest BCUT2D eigenvalue weighted by atomic mass is 32.2. The number of sulfone groups is 1. The molecule has 0 aliphatic carbocycles. The van der Waals surface area contributed by atoms with Crippen LogP contribution in [0.25, 0.3) is 0 Å². The molecule has 5 nitrogen and oxygen atoms in total. The summed E-state index contributed by atoms with van der Waals surface area (Å²) < 4.78 is 23.2. The minimum absolute atomic E-state index is 0.0703. The summed E-state index contributed by atoms with van der Waals surface area (Å²) in [5.41, 5.74) is 1.46. The summed E-state index contributed by atoms with van der Waals surface area (Å²) in [5.74, 6) is -0.0709. The molecular formula is C14H22N2O3S. The first-order valence-corrected chi connectivity index (χ1v) is 8.11. The zero-order chi connectivity index (χ0) is 15.4. The van der Waals surface area contributed by atoms with E-state index in [1.54, 1.807) is 39.0 Å². The normalized spacial score (nSPS) is 12.0. The molecule has 0 radical (unpaired) electrons. The monoisotopic (exact) mass is 298 g/mol. The molecule has 0 saturated carbocycles. The first-order valence-electron chi connectivity index (χ1n) is 6.46. The molecule has 0 atom stereocenters. The van der Waals surface area contributed by atoms with Gasteiger partial charge < -0.3 is 10.6 Å². The molecule has 0 fully saturated rings. The maximum Gasteiger partial charge on any atom is 0.221 e. The number of carbonyl (C=O) groups excluding carboxylic acids is 1. The molecule has 1 amide bonds. The van der Waals surface area contributed by atoms with Crippen LogP contribution in [-0.2, 0) is 14.6 Å². The molecule has 6 heteroatoms. The van der Waals surface area contributed by atoms with E-state index in [1.165, 1.54) is 6.92 Å². The molecular weight excluding hydrogens is 276 g/mol. The van der Waals surface area contributed by atoms with E-state index < -0.39 is 14.6 Å². The Morgan fingerprint density at radius 1 is 1.20 bits per heavy atom. The zero-order valence-corrected chi connectivity index (χ0v) is 13.2. The van der Waals surface area contributed by atoms with E-state index in [2.05, 4.69) is 10.6 Å². The van der Waals surface area contributed by atoms with Gasteiger partial charge in [-0.15, -0.1) is 0 Å². The number of hydrogen-bond donors (Lipinski definition) is 2. The second-order valence-electron chi connectivity index (χ2n) is 5.62. The summed E-state index contributed by atoms with van der Waals surface area (Å²) in [5, 5.41) is 5.73. The smallest absolute Gasteiger partial charge is 0.221 e. The molecule has 1 aromatic carbocycles. The van der Waals surface area contributed by atoms with Crippen molar-refractivity contribution < 1.29 is 13.2 Å². The lowest BCUT2D eigenvalue weighted by atomic mass is 10.2. The lowest BCUT2D eigenvalue weighted by molar-refractivity contribution is -0.114. The van der Waals surface area contributed by atoms with Crippen LogP contribution in [-0.4, -0.2) is 31.4 Å². The maximum absolute atomic E-state index is 12.0. The van der Waals surface area contributed by atoms with Crippen molar-refractivity contribution in [2.45, 2.75) is 32.4 Å². The molecule has 0 aliphatic heterocycles. The van der Waals surface area contributed by atoms with E-state index >= 15 is 0 Å². The number of carbonyl (C=O) groups is 1. The third-order valence-corrected chi connectivity index (χ3v) is 5.42. The standard InChI is InChI=1S/C14H22N2O3S/c1-11(17)16-13-7-5-6-12(10-13)15-8-9-20(18,19)14(2,3)4/h5-7,10,15H,8-9H2,1-4H3,(H,16,17). The summed E-state index contributed by atoms with van der Waals surface area (Å²) in [6.45, 7) is 6.86. The fourth-order valence-electron chi connectivity index (χ4n) is 1.55. The van der Waals surface area contributed by atoms with Crippen LogP contribution in [0.5, 0.6) is 0 Å². The molecule has 0 aromatic heterocycles. The second kappa shape index (κ2) is 6.26. The van der Waals surface area contributed by atoms with Crippen molar-refractivity contribution in [2.75, 3.05) is 22.9 Å². The largest absolute Gasteiger partial charge is 0.384 e. The molecule has 0 spiro atoms. The molecule has 2 N–H and O–H groups in total. The Labute approximate surface area is 120 Å². The van der Waals surface area contributed by atoms with Crippen LogP contribution < -0.4 is 10.6 Å². The van der Waals surface area contributed by atoms with Crippen molar-refractivity contribution in [3.05, 3.63) is 24.3 Å². The quantitative estimate of drug-likeness (QED) is 0.874. The van der Waals surface area contributed by atoms with Gasteiger partial charge in [-0.25, -0.2) is 8.42 Å². The van der Waals surface area contributed by atoms with Crippen molar-refractivity contribution in [1.82, 2.24) is 0 Å². The minimum Gasteiger partial charge on any atom is -0.384 e. The van der Waals surface area contributed by atoms with Gasteiger partial charge in [0.2, 0.25) is 5.91 Å². The Bertz CT molecular complexity index is 574. The van der Waals surface area contributed by atoms with Crippen LogP contribution in [0, 0.1) is 0 Å². The van der Waals surface area contributed by atoms with Gasteiger partial charge in [-0.05, 0) is 39.0 Å². The molecule has 112 valence electrons. The Balaban J connectivity index is 2.61. The van der Waals surface area contributed by atoms with Crippen LogP contribution >= 0.6 is 0 Å². The Kier molecular flexibility index (Phi) is 5.16. The number of rotatable bonds is 5. The topological polar surface area (TPSA) is 75.3 Å². The summed E-state index contributed by atoms with van der Waals surface area (Å²) >= 11 is 0. The highest BCUT2D eigenvalue weighted by molar-refractivity contribution is 7.92. The van der Waals surface area contributed by atoms with Crippen molar-refractivity contribution in [1.29, 1.82) is 0 Å². The molecule has 0 aliphatic rings. The SMILES string of the molecule is CC(=O)Nc1cccc(NCCS(=O)(=O)C(C)(C)C)c1. The minimum atomic E-state index is -3.13. The van der Waals surface area contributed by atoms with Gasteiger partial charge in [0.1, 0.15) is 0 Å². The van der Waals surface area contributed by atoms with Crippen molar-refractivity contribution >= 4 is 27.1 Å². The number of anilines is 2. The molecule has 0 saturated heterocycles. The first-order chi connectivity index (χ1) is 9.12. The summed E-state index contributed by atoms with van der Waals surface area (Å²) in [6.07, 6.45) is 0. The molecule has 1 aromatic rings. The van der Waals surface area contributed by atoms with E-state index in [1.807, 2.05) is 6.07 Å². The van der Waals surface area contributed by atoms with Gasteiger partial charge in [-0.2, -0.15) is 0 Å². The number of amides is 1. The fraction of sp³-hybridized carbons (Fsp3) is 0.500. The van der Waals surface area contributed by atoms with Gasteiger partial charge in [0.15, 0.2) is 9.84 Å².